The summed E-state index contributed by atoms with van der Waals surface area (Å²) in [6, 6.07) is 15.3. The van der Waals surface area contributed by atoms with Crippen LogP contribution in [0.1, 0.15) is 0 Å². The number of aromatic nitrogens is 5. The van der Waals surface area contributed by atoms with Crippen LogP contribution in [0.5, 0.6) is 0 Å². The highest BCUT2D eigenvalue weighted by Crippen LogP contribution is 2.27. The van der Waals surface area contributed by atoms with Crippen LogP contribution in [0.4, 0.5) is 23.1 Å². The second-order valence-corrected chi connectivity index (χ2v) is 7.92. The van der Waals surface area contributed by atoms with E-state index >= 15 is 0 Å². The number of H-pyrrole nitrogens is 2. The van der Waals surface area contributed by atoms with Gasteiger partial charge in [0.05, 0.1) is 17.1 Å². The van der Waals surface area contributed by atoms with Crippen molar-refractivity contribution in [1.29, 1.82) is 0 Å². The van der Waals surface area contributed by atoms with E-state index in [9.17, 15) is 4.21 Å². The van der Waals surface area contributed by atoms with Crippen molar-refractivity contribution in [2.75, 3.05) is 16.9 Å². The summed E-state index contributed by atoms with van der Waals surface area (Å²) in [5.74, 6) is 1.14. The first kappa shape index (κ1) is 17.4. The highest BCUT2D eigenvalue weighted by Gasteiger charge is 2.10. The Balaban J connectivity index is 1.48. The van der Waals surface area contributed by atoms with Gasteiger partial charge in [-0.3, -0.25) is 9.31 Å². The van der Waals surface area contributed by atoms with E-state index in [1.807, 2.05) is 54.7 Å². The van der Waals surface area contributed by atoms with Crippen molar-refractivity contribution in [3.63, 3.8) is 0 Å². The van der Waals surface area contributed by atoms with Gasteiger partial charge in [-0.1, -0.05) is 0 Å². The van der Waals surface area contributed by atoms with Crippen molar-refractivity contribution in [2.45, 2.75) is 4.90 Å². The summed E-state index contributed by atoms with van der Waals surface area (Å²) in [6.45, 7) is 0. The summed E-state index contributed by atoms with van der Waals surface area (Å²) in [5.41, 5.74) is 3.37. The van der Waals surface area contributed by atoms with Crippen molar-refractivity contribution in [1.82, 2.24) is 25.1 Å². The van der Waals surface area contributed by atoms with Gasteiger partial charge in [-0.25, -0.2) is 0 Å². The quantitative estimate of drug-likeness (QED) is 0.352. The van der Waals surface area contributed by atoms with E-state index in [2.05, 4.69) is 35.8 Å². The van der Waals surface area contributed by atoms with E-state index in [1.165, 1.54) is 0 Å². The zero-order chi connectivity index (χ0) is 19.8. The fourth-order valence-corrected chi connectivity index (χ4v) is 3.62. The van der Waals surface area contributed by atoms with Crippen molar-refractivity contribution in [2.24, 2.45) is 0 Å². The number of nitrogens with zero attached hydrogens (tertiary/aromatic N) is 3. The van der Waals surface area contributed by atoms with Crippen LogP contribution < -0.4 is 10.6 Å². The second kappa shape index (κ2) is 7.02. The molecule has 29 heavy (non-hydrogen) atoms. The minimum absolute atomic E-state index is 0.454. The van der Waals surface area contributed by atoms with Gasteiger partial charge in [0.2, 0.25) is 5.95 Å². The van der Waals surface area contributed by atoms with Gasteiger partial charge in [0.25, 0.3) is 0 Å². The molecule has 0 amide bonds. The lowest BCUT2D eigenvalue weighted by molar-refractivity contribution is 0.687. The molecule has 1 unspecified atom stereocenters. The minimum Gasteiger partial charge on any atom is -0.346 e. The average molecular weight is 403 g/mol. The fourth-order valence-electron chi connectivity index (χ4n) is 3.10. The molecule has 0 aliphatic rings. The molecule has 8 nitrogen and oxygen atoms in total. The lowest BCUT2D eigenvalue weighted by atomic mass is 10.2. The third kappa shape index (κ3) is 3.43. The molecule has 3 aromatic heterocycles. The van der Waals surface area contributed by atoms with E-state index in [4.69, 9.17) is 0 Å². The maximum atomic E-state index is 11.6. The molecule has 5 rings (SSSR count). The highest BCUT2D eigenvalue weighted by molar-refractivity contribution is 7.84. The number of hydrogen-bond donors (Lipinski definition) is 4. The van der Waals surface area contributed by atoms with Gasteiger partial charge in [-0.2, -0.15) is 15.1 Å². The molecule has 3 heterocycles. The molecule has 0 aliphatic heterocycles. The number of aromatic amines is 2. The van der Waals surface area contributed by atoms with Crippen molar-refractivity contribution < 1.29 is 4.21 Å². The zero-order valence-corrected chi connectivity index (χ0v) is 16.2. The van der Waals surface area contributed by atoms with Gasteiger partial charge in [0.1, 0.15) is 11.5 Å². The molecule has 0 fully saturated rings. The van der Waals surface area contributed by atoms with Crippen LogP contribution in [0.15, 0.2) is 65.8 Å². The third-order valence-electron chi connectivity index (χ3n) is 4.56. The lowest BCUT2D eigenvalue weighted by Crippen LogP contribution is -2.02. The molecule has 0 radical (unpaired) electrons. The van der Waals surface area contributed by atoms with Crippen molar-refractivity contribution in [3.05, 3.63) is 60.9 Å². The predicted molar refractivity (Wildman–Crippen MR) is 115 cm³/mol. The second-order valence-electron chi connectivity index (χ2n) is 6.54. The standard InChI is InChI=1S/C20H17N7OS/c1-29(28)15-6-4-13(5-7-15)24-20-25-18-16(8-9-21-18)19(26-20)23-14-3-2-12-11-22-27-17(12)10-14/h2-11H,1H3,(H,22,27)(H3,21,23,24,25,26). The molecule has 2 aromatic carbocycles. The molecular weight excluding hydrogens is 386 g/mol. The molecule has 144 valence electrons. The van der Waals surface area contributed by atoms with Gasteiger partial charge in [-0.05, 0) is 48.5 Å². The zero-order valence-electron chi connectivity index (χ0n) is 15.4. The highest BCUT2D eigenvalue weighted by atomic mass is 32.2. The number of hydrogen-bond acceptors (Lipinski definition) is 6. The van der Waals surface area contributed by atoms with Gasteiger partial charge >= 0.3 is 0 Å². The lowest BCUT2D eigenvalue weighted by Gasteiger charge is -2.10. The molecule has 1 atom stereocenters. The summed E-state index contributed by atoms with van der Waals surface area (Å²) >= 11 is 0. The summed E-state index contributed by atoms with van der Waals surface area (Å²) in [6.07, 6.45) is 5.27. The van der Waals surface area contributed by atoms with Crippen LogP contribution in [0.2, 0.25) is 0 Å². The molecule has 0 saturated heterocycles. The van der Waals surface area contributed by atoms with Gasteiger partial charge in [0, 0.05) is 44.9 Å². The summed E-state index contributed by atoms with van der Waals surface area (Å²) in [4.78, 5) is 13.1. The Kier molecular flexibility index (Phi) is 4.21. The van der Waals surface area contributed by atoms with Gasteiger partial charge in [0.15, 0.2) is 0 Å². The van der Waals surface area contributed by atoms with E-state index in [1.54, 1.807) is 12.5 Å². The maximum Gasteiger partial charge on any atom is 0.231 e. The number of fused-ring (bicyclic) bond motifs is 2. The Hall–Kier alpha value is -3.72. The van der Waals surface area contributed by atoms with E-state index in [-0.39, 0.29) is 0 Å². The summed E-state index contributed by atoms with van der Waals surface area (Å²) < 4.78 is 11.6. The van der Waals surface area contributed by atoms with E-state index in [0.717, 1.165) is 38.2 Å². The Morgan fingerprint density at radius 1 is 0.966 bits per heavy atom. The molecule has 0 saturated carbocycles. The summed E-state index contributed by atoms with van der Waals surface area (Å²) in [7, 11) is -1.01. The molecule has 0 aliphatic carbocycles. The normalized spacial score (nSPS) is 12.3. The first-order valence-corrected chi connectivity index (χ1v) is 10.5. The molecule has 5 aromatic rings. The summed E-state index contributed by atoms with van der Waals surface area (Å²) in [5, 5.41) is 15.5. The monoisotopic (exact) mass is 403 g/mol. The molecule has 4 N–H and O–H groups in total. The fraction of sp³-hybridized carbons (Fsp3) is 0.0500. The Morgan fingerprint density at radius 2 is 1.79 bits per heavy atom. The molecular formula is C20H17N7OS. The molecule has 0 bridgehead atoms. The van der Waals surface area contributed by atoms with Crippen LogP contribution in [-0.4, -0.2) is 35.6 Å². The predicted octanol–water partition coefficient (Wildman–Crippen LogP) is 4.06. The van der Waals surface area contributed by atoms with Crippen LogP contribution in [-0.2, 0) is 10.8 Å². The van der Waals surface area contributed by atoms with Gasteiger partial charge < -0.3 is 15.6 Å². The van der Waals surface area contributed by atoms with Crippen LogP contribution >= 0.6 is 0 Å². The third-order valence-corrected chi connectivity index (χ3v) is 5.50. The maximum absolute atomic E-state index is 11.6. The van der Waals surface area contributed by atoms with Gasteiger partial charge in [-0.15, -0.1) is 0 Å². The van der Waals surface area contributed by atoms with Crippen molar-refractivity contribution >= 4 is 55.9 Å². The first-order chi connectivity index (χ1) is 14.2. The van der Waals surface area contributed by atoms with Crippen LogP contribution in [0, 0.1) is 0 Å². The SMILES string of the molecule is CS(=O)c1ccc(Nc2nc(Nc3ccc4cn[nH]c4c3)c3cc[nH]c3n2)cc1. The van der Waals surface area contributed by atoms with Crippen molar-refractivity contribution in [3.8, 4) is 0 Å². The number of benzene rings is 2. The van der Waals surface area contributed by atoms with Crippen LogP contribution in [0.3, 0.4) is 0 Å². The van der Waals surface area contributed by atoms with E-state index < -0.39 is 10.8 Å². The minimum atomic E-state index is -1.01. The number of anilines is 4. The molecule has 9 heteroatoms. The van der Waals surface area contributed by atoms with Crippen LogP contribution in [0.25, 0.3) is 21.9 Å². The topological polar surface area (TPSA) is 111 Å². The largest absolute Gasteiger partial charge is 0.346 e. The Morgan fingerprint density at radius 3 is 2.62 bits per heavy atom. The smallest absolute Gasteiger partial charge is 0.231 e. The molecule has 0 spiro atoms. The van der Waals surface area contributed by atoms with E-state index in [0.29, 0.717) is 11.8 Å². The average Bonchev–Trinajstić information content (AvgIpc) is 3.37. The first-order valence-electron chi connectivity index (χ1n) is 8.91. The Bertz CT molecular complexity index is 1340. The number of rotatable bonds is 5. The number of nitrogens with one attached hydrogen (secondary N) is 4. The Labute approximate surface area is 168 Å².